The Labute approximate surface area is 112 Å². The molecule has 0 N–H and O–H groups in total. The molecule has 1 saturated heterocycles. The van der Waals surface area contributed by atoms with Gasteiger partial charge in [-0.3, -0.25) is 4.90 Å². The van der Waals surface area contributed by atoms with E-state index in [-0.39, 0.29) is 17.1 Å². The number of hydrogen-bond acceptors (Lipinski definition) is 4. The molecule has 2 rings (SSSR count). The molecule has 0 atom stereocenters. The van der Waals surface area contributed by atoms with E-state index in [1.807, 2.05) is 11.0 Å². The van der Waals surface area contributed by atoms with Gasteiger partial charge in [-0.1, -0.05) is 6.07 Å². The van der Waals surface area contributed by atoms with Gasteiger partial charge < -0.3 is 0 Å². The molecular formula is C13H15FN2O2S. The molecular weight excluding hydrogens is 267 g/mol. The first-order valence-electron chi connectivity index (χ1n) is 6.11. The van der Waals surface area contributed by atoms with E-state index in [1.165, 1.54) is 12.1 Å². The van der Waals surface area contributed by atoms with E-state index in [0.717, 1.165) is 5.56 Å². The number of rotatable bonds is 2. The molecule has 1 aromatic rings. The van der Waals surface area contributed by atoms with Crippen LogP contribution in [0.4, 0.5) is 4.39 Å². The van der Waals surface area contributed by atoms with E-state index in [1.54, 1.807) is 6.07 Å². The highest BCUT2D eigenvalue weighted by Gasteiger charge is 2.19. The molecule has 1 aliphatic rings. The maximum atomic E-state index is 13.2. The highest BCUT2D eigenvalue weighted by atomic mass is 32.2. The Morgan fingerprint density at radius 3 is 2.84 bits per heavy atom. The van der Waals surface area contributed by atoms with Gasteiger partial charge in [-0.25, -0.2) is 12.8 Å². The second-order valence-electron chi connectivity index (χ2n) is 4.71. The fourth-order valence-corrected chi connectivity index (χ4v) is 3.47. The van der Waals surface area contributed by atoms with Crippen molar-refractivity contribution < 1.29 is 12.8 Å². The van der Waals surface area contributed by atoms with E-state index in [4.69, 9.17) is 5.26 Å². The van der Waals surface area contributed by atoms with Crippen LogP contribution in [0.5, 0.6) is 0 Å². The topological polar surface area (TPSA) is 61.2 Å². The lowest BCUT2D eigenvalue weighted by molar-refractivity contribution is 0.287. The summed E-state index contributed by atoms with van der Waals surface area (Å²) in [6, 6.07) is 6.25. The average molecular weight is 282 g/mol. The number of halogens is 1. The Morgan fingerprint density at radius 1 is 1.32 bits per heavy atom. The lowest BCUT2D eigenvalue weighted by Gasteiger charge is -2.19. The van der Waals surface area contributed by atoms with Gasteiger partial charge in [0.15, 0.2) is 9.84 Å². The van der Waals surface area contributed by atoms with Crippen LogP contribution in [0.1, 0.15) is 17.5 Å². The van der Waals surface area contributed by atoms with Crippen LogP contribution < -0.4 is 0 Å². The standard InChI is InChI=1S/C13H15FN2O2S/c14-13-3-2-11(8-12(13)9-15)10-16-4-1-6-19(17,18)7-5-16/h2-3,8H,1,4-7,10H2. The predicted molar refractivity (Wildman–Crippen MR) is 69.7 cm³/mol. The second kappa shape index (κ2) is 5.68. The van der Waals surface area contributed by atoms with Crippen LogP contribution in [0.25, 0.3) is 0 Å². The average Bonchev–Trinajstić information content (AvgIpc) is 2.53. The molecule has 0 spiro atoms. The number of sulfone groups is 1. The van der Waals surface area contributed by atoms with Gasteiger partial charge in [-0.05, 0) is 30.7 Å². The summed E-state index contributed by atoms with van der Waals surface area (Å²) < 4.78 is 36.2. The van der Waals surface area contributed by atoms with Crippen molar-refractivity contribution in [1.82, 2.24) is 4.90 Å². The first-order chi connectivity index (χ1) is 9.00. The predicted octanol–water partition coefficient (Wildman–Crippen LogP) is 1.32. The maximum absolute atomic E-state index is 13.2. The van der Waals surface area contributed by atoms with Crippen LogP contribution in [0, 0.1) is 17.1 Å². The first kappa shape index (κ1) is 14.0. The minimum Gasteiger partial charge on any atom is -0.298 e. The van der Waals surface area contributed by atoms with Crippen molar-refractivity contribution in [1.29, 1.82) is 5.26 Å². The van der Waals surface area contributed by atoms with Gasteiger partial charge in [0.2, 0.25) is 0 Å². The van der Waals surface area contributed by atoms with Crippen molar-refractivity contribution in [3.8, 4) is 6.07 Å². The van der Waals surface area contributed by atoms with Crippen LogP contribution in [-0.4, -0.2) is 37.9 Å². The summed E-state index contributed by atoms with van der Waals surface area (Å²) in [6.07, 6.45) is 0.620. The van der Waals surface area contributed by atoms with Gasteiger partial charge in [-0.2, -0.15) is 5.26 Å². The fraction of sp³-hybridized carbons (Fsp3) is 0.462. The van der Waals surface area contributed by atoms with Crippen molar-refractivity contribution in [2.45, 2.75) is 13.0 Å². The molecule has 102 valence electrons. The van der Waals surface area contributed by atoms with Crippen molar-refractivity contribution in [3.63, 3.8) is 0 Å². The molecule has 0 unspecified atom stereocenters. The zero-order chi connectivity index (χ0) is 13.9. The molecule has 0 saturated carbocycles. The van der Waals surface area contributed by atoms with Gasteiger partial charge in [-0.15, -0.1) is 0 Å². The Morgan fingerprint density at radius 2 is 2.11 bits per heavy atom. The summed E-state index contributed by atoms with van der Waals surface area (Å²) in [5.41, 5.74) is 0.859. The number of nitrogens with zero attached hydrogens (tertiary/aromatic N) is 2. The third-order valence-electron chi connectivity index (χ3n) is 3.21. The van der Waals surface area contributed by atoms with Crippen LogP contribution in [0.2, 0.25) is 0 Å². The fourth-order valence-electron chi connectivity index (χ4n) is 2.16. The number of nitriles is 1. The van der Waals surface area contributed by atoms with Gasteiger partial charge in [0.25, 0.3) is 0 Å². The zero-order valence-corrected chi connectivity index (χ0v) is 11.3. The minimum absolute atomic E-state index is 0.0277. The minimum atomic E-state index is -2.92. The van der Waals surface area contributed by atoms with Crippen molar-refractivity contribution in [2.24, 2.45) is 0 Å². The van der Waals surface area contributed by atoms with E-state index in [2.05, 4.69) is 0 Å². The molecule has 0 amide bonds. The molecule has 0 aliphatic carbocycles. The second-order valence-corrected chi connectivity index (χ2v) is 7.01. The van der Waals surface area contributed by atoms with E-state index < -0.39 is 15.7 Å². The summed E-state index contributed by atoms with van der Waals surface area (Å²) in [5, 5.41) is 8.78. The lowest BCUT2D eigenvalue weighted by Crippen LogP contribution is -2.26. The molecule has 1 aliphatic heterocycles. The van der Waals surface area contributed by atoms with E-state index in [0.29, 0.717) is 26.1 Å². The Balaban J connectivity index is 2.07. The van der Waals surface area contributed by atoms with Gasteiger partial charge in [0.1, 0.15) is 11.9 Å². The van der Waals surface area contributed by atoms with Gasteiger partial charge in [0.05, 0.1) is 17.1 Å². The molecule has 0 bridgehead atoms. The summed E-state index contributed by atoms with van der Waals surface area (Å²) >= 11 is 0. The van der Waals surface area contributed by atoms with Crippen LogP contribution in [-0.2, 0) is 16.4 Å². The quantitative estimate of drug-likeness (QED) is 0.820. The molecule has 1 heterocycles. The normalized spacial score (nSPS) is 19.6. The maximum Gasteiger partial charge on any atom is 0.151 e. The smallest absolute Gasteiger partial charge is 0.151 e. The van der Waals surface area contributed by atoms with Crippen LogP contribution in [0.3, 0.4) is 0 Å². The Hall–Kier alpha value is -1.45. The molecule has 4 nitrogen and oxygen atoms in total. The molecule has 1 fully saturated rings. The van der Waals surface area contributed by atoms with Crippen LogP contribution >= 0.6 is 0 Å². The molecule has 0 aromatic heterocycles. The van der Waals surface area contributed by atoms with E-state index in [9.17, 15) is 12.8 Å². The summed E-state index contributed by atoms with van der Waals surface area (Å²) in [6.45, 7) is 1.74. The molecule has 6 heteroatoms. The van der Waals surface area contributed by atoms with Gasteiger partial charge >= 0.3 is 0 Å². The molecule has 19 heavy (non-hydrogen) atoms. The first-order valence-corrected chi connectivity index (χ1v) is 7.93. The Kier molecular flexibility index (Phi) is 4.17. The van der Waals surface area contributed by atoms with Crippen LogP contribution in [0.15, 0.2) is 18.2 Å². The van der Waals surface area contributed by atoms with Crippen molar-refractivity contribution in [3.05, 3.63) is 35.1 Å². The number of benzene rings is 1. The van der Waals surface area contributed by atoms with Crippen molar-refractivity contribution in [2.75, 3.05) is 24.6 Å². The summed E-state index contributed by atoms with van der Waals surface area (Å²) in [5.74, 6) is -0.125. The highest BCUT2D eigenvalue weighted by Crippen LogP contribution is 2.13. The lowest BCUT2D eigenvalue weighted by atomic mass is 10.1. The third-order valence-corrected chi connectivity index (χ3v) is 4.92. The number of hydrogen-bond donors (Lipinski definition) is 0. The zero-order valence-electron chi connectivity index (χ0n) is 10.5. The Bertz CT molecular complexity index is 608. The summed E-state index contributed by atoms with van der Waals surface area (Å²) in [7, 11) is -2.92. The monoisotopic (exact) mass is 282 g/mol. The van der Waals surface area contributed by atoms with Gasteiger partial charge in [0, 0.05) is 13.1 Å². The largest absolute Gasteiger partial charge is 0.298 e. The molecule has 1 aromatic carbocycles. The van der Waals surface area contributed by atoms with Crippen molar-refractivity contribution >= 4 is 9.84 Å². The molecule has 0 radical (unpaired) electrons. The van der Waals surface area contributed by atoms with E-state index >= 15 is 0 Å². The SMILES string of the molecule is N#Cc1cc(CN2CCCS(=O)(=O)CC2)ccc1F. The third kappa shape index (κ3) is 3.75. The summed E-state index contributed by atoms with van der Waals surface area (Å²) in [4.78, 5) is 2.03. The highest BCUT2D eigenvalue weighted by molar-refractivity contribution is 7.91.